The first-order valence-electron chi connectivity index (χ1n) is 7.14. The van der Waals surface area contributed by atoms with Crippen molar-refractivity contribution in [1.29, 1.82) is 0 Å². The maximum absolute atomic E-state index is 13.2. The van der Waals surface area contributed by atoms with Gasteiger partial charge >= 0.3 is 6.09 Å². The molecule has 0 bridgehead atoms. The summed E-state index contributed by atoms with van der Waals surface area (Å²) < 4.78 is 13.2. The van der Waals surface area contributed by atoms with Gasteiger partial charge in [-0.15, -0.1) is 0 Å². The highest BCUT2D eigenvalue weighted by atomic mass is 19.1. The Balaban J connectivity index is 1.88. The van der Waals surface area contributed by atoms with Crippen molar-refractivity contribution in [3.63, 3.8) is 0 Å². The second-order valence-corrected chi connectivity index (χ2v) is 5.65. The quantitative estimate of drug-likeness (QED) is 0.875. The lowest BCUT2D eigenvalue weighted by Gasteiger charge is -2.43. The van der Waals surface area contributed by atoms with Gasteiger partial charge in [-0.1, -0.05) is 0 Å². The number of piperazine rings is 1. The molecule has 6 nitrogen and oxygen atoms in total. The summed E-state index contributed by atoms with van der Waals surface area (Å²) >= 11 is 0. The molecule has 1 N–H and O–H groups in total. The Hall–Kier alpha value is -2.44. The molecule has 1 saturated heterocycles. The van der Waals surface area contributed by atoms with Crippen molar-refractivity contribution in [3.05, 3.63) is 30.2 Å². The van der Waals surface area contributed by atoms with E-state index < -0.39 is 6.09 Å². The summed E-state index contributed by atoms with van der Waals surface area (Å²) in [6, 6.07) is 4.04. The Labute approximate surface area is 127 Å². The zero-order chi connectivity index (χ0) is 15.9. The molecule has 0 unspecified atom stereocenters. The van der Waals surface area contributed by atoms with Crippen LogP contribution in [0.5, 0.6) is 0 Å². The number of halogens is 1. The lowest BCUT2D eigenvalue weighted by atomic mass is 10.1. The molecule has 2 heterocycles. The minimum absolute atomic E-state index is 0.132. The fourth-order valence-corrected chi connectivity index (χ4v) is 3.01. The van der Waals surface area contributed by atoms with Crippen LogP contribution >= 0.6 is 0 Å². The molecule has 116 valence electrons. The average Bonchev–Trinajstić information content (AvgIpc) is 2.45. The van der Waals surface area contributed by atoms with E-state index in [-0.39, 0.29) is 17.9 Å². The van der Waals surface area contributed by atoms with E-state index in [9.17, 15) is 14.3 Å². The molecule has 22 heavy (non-hydrogen) atoms. The average molecular weight is 304 g/mol. The third-order valence-corrected chi connectivity index (χ3v) is 3.96. The molecular weight excluding hydrogens is 287 g/mol. The molecule has 0 aliphatic carbocycles. The van der Waals surface area contributed by atoms with E-state index >= 15 is 0 Å². The third kappa shape index (κ3) is 2.54. The van der Waals surface area contributed by atoms with Gasteiger partial charge in [-0.3, -0.25) is 9.88 Å². The summed E-state index contributed by atoms with van der Waals surface area (Å²) in [5.41, 5.74) is 1.13. The van der Waals surface area contributed by atoms with E-state index in [2.05, 4.69) is 9.97 Å². The number of nitrogens with zero attached hydrogens (tertiary/aromatic N) is 4. The van der Waals surface area contributed by atoms with Crippen LogP contribution in [0.25, 0.3) is 11.0 Å². The predicted molar refractivity (Wildman–Crippen MR) is 80.5 cm³/mol. The number of anilines is 1. The van der Waals surface area contributed by atoms with Crippen molar-refractivity contribution in [3.8, 4) is 0 Å². The van der Waals surface area contributed by atoms with Crippen LogP contribution in [0.4, 0.5) is 15.0 Å². The Morgan fingerprint density at radius 2 is 1.95 bits per heavy atom. The lowest BCUT2D eigenvalue weighted by molar-refractivity contribution is 0.0981. The Morgan fingerprint density at radius 3 is 2.59 bits per heavy atom. The van der Waals surface area contributed by atoms with Crippen LogP contribution < -0.4 is 4.90 Å². The molecule has 0 spiro atoms. The molecule has 3 rings (SSSR count). The zero-order valence-electron chi connectivity index (χ0n) is 12.4. The number of rotatable bonds is 1. The smallest absolute Gasteiger partial charge is 0.407 e. The topological polar surface area (TPSA) is 69.6 Å². The molecule has 0 radical (unpaired) electrons. The molecule has 1 aliphatic heterocycles. The van der Waals surface area contributed by atoms with Crippen molar-refractivity contribution < 1.29 is 14.3 Å². The summed E-state index contributed by atoms with van der Waals surface area (Å²) in [4.78, 5) is 23.5. The molecule has 2 aromatic rings. The van der Waals surface area contributed by atoms with E-state index in [1.807, 2.05) is 18.7 Å². The van der Waals surface area contributed by atoms with Crippen molar-refractivity contribution in [2.24, 2.45) is 0 Å². The number of aromatic nitrogens is 2. The molecule has 1 fully saturated rings. The van der Waals surface area contributed by atoms with Gasteiger partial charge in [0.1, 0.15) is 11.6 Å². The molecule has 0 saturated carbocycles. The summed E-state index contributed by atoms with van der Waals surface area (Å²) in [6.07, 6.45) is 0.706. The SMILES string of the molecule is C[C@@H]1CN(c2cnc3cc(F)ccc3n2)C[C@H](C)N1C(=O)O. The van der Waals surface area contributed by atoms with Crippen molar-refractivity contribution in [2.45, 2.75) is 25.9 Å². The van der Waals surface area contributed by atoms with Crippen molar-refractivity contribution in [2.75, 3.05) is 18.0 Å². The monoisotopic (exact) mass is 304 g/mol. The fourth-order valence-electron chi connectivity index (χ4n) is 3.01. The Morgan fingerprint density at radius 1 is 1.27 bits per heavy atom. The van der Waals surface area contributed by atoms with Crippen molar-refractivity contribution in [1.82, 2.24) is 14.9 Å². The normalized spacial score (nSPS) is 22.1. The van der Waals surface area contributed by atoms with Gasteiger partial charge in [-0.2, -0.15) is 0 Å². The van der Waals surface area contributed by atoms with Crippen LogP contribution in [-0.2, 0) is 0 Å². The van der Waals surface area contributed by atoms with Gasteiger partial charge in [0.25, 0.3) is 0 Å². The highest BCUT2D eigenvalue weighted by Crippen LogP contribution is 2.22. The number of carbonyl (C=O) groups is 1. The van der Waals surface area contributed by atoms with Gasteiger partial charge < -0.3 is 10.0 Å². The van der Waals surface area contributed by atoms with Gasteiger partial charge in [0.05, 0.1) is 29.3 Å². The molecule has 1 amide bonds. The van der Waals surface area contributed by atoms with Crippen LogP contribution in [-0.4, -0.2) is 51.2 Å². The zero-order valence-corrected chi connectivity index (χ0v) is 12.4. The largest absolute Gasteiger partial charge is 0.465 e. The minimum Gasteiger partial charge on any atom is -0.465 e. The summed E-state index contributed by atoms with van der Waals surface area (Å²) in [6.45, 7) is 4.86. The second kappa shape index (κ2) is 5.40. The molecule has 1 aliphatic rings. The van der Waals surface area contributed by atoms with Gasteiger partial charge in [0, 0.05) is 19.2 Å². The third-order valence-electron chi connectivity index (χ3n) is 3.96. The van der Waals surface area contributed by atoms with Crippen LogP contribution in [0.3, 0.4) is 0 Å². The number of benzene rings is 1. The number of carboxylic acid groups (broad SMARTS) is 1. The first-order valence-corrected chi connectivity index (χ1v) is 7.14. The molecule has 7 heteroatoms. The summed E-state index contributed by atoms with van der Waals surface area (Å²) in [7, 11) is 0. The first-order chi connectivity index (χ1) is 10.5. The maximum Gasteiger partial charge on any atom is 0.407 e. The molecule has 2 atom stereocenters. The van der Waals surface area contributed by atoms with Gasteiger partial charge in [-0.25, -0.2) is 14.2 Å². The predicted octanol–water partition coefficient (Wildman–Crippen LogP) is 2.35. The van der Waals surface area contributed by atoms with E-state index in [4.69, 9.17) is 0 Å². The van der Waals surface area contributed by atoms with Crippen molar-refractivity contribution >= 4 is 22.9 Å². The Kier molecular flexibility index (Phi) is 3.56. The fraction of sp³-hybridized carbons (Fsp3) is 0.400. The molecule has 1 aromatic carbocycles. The van der Waals surface area contributed by atoms with Crippen LogP contribution in [0.1, 0.15) is 13.8 Å². The lowest BCUT2D eigenvalue weighted by Crippen LogP contribution is -2.58. The summed E-state index contributed by atoms with van der Waals surface area (Å²) in [5, 5.41) is 9.25. The van der Waals surface area contributed by atoms with E-state index in [1.165, 1.54) is 17.0 Å². The Bertz CT molecular complexity index is 712. The van der Waals surface area contributed by atoms with Gasteiger partial charge in [-0.05, 0) is 26.0 Å². The number of hydrogen-bond acceptors (Lipinski definition) is 4. The standard InChI is InChI=1S/C15H17FN4O2/c1-9-7-19(8-10(2)20(9)15(21)22)14-6-17-13-5-11(16)3-4-12(13)18-14/h3-6,9-10H,7-8H2,1-2H3,(H,21,22)/t9-,10+. The highest BCUT2D eigenvalue weighted by molar-refractivity contribution is 5.75. The van der Waals surface area contributed by atoms with E-state index in [0.717, 1.165) is 0 Å². The van der Waals surface area contributed by atoms with Gasteiger partial charge in [0.2, 0.25) is 0 Å². The number of fused-ring (bicyclic) bond motifs is 1. The van der Waals surface area contributed by atoms with Crippen LogP contribution in [0.15, 0.2) is 24.4 Å². The second-order valence-electron chi connectivity index (χ2n) is 5.65. The van der Waals surface area contributed by atoms with Gasteiger partial charge in [0.15, 0.2) is 0 Å². The van der Waals surface area contributed by atoms with Crippen LogP contribution in [0, 0.1) is 5.82 Å². The van der Waals surface area contributed by atoms with E-state index in [1.54, 1.807) is 12.3 Å². The highest BCUT2D eigenvalue weighted by Gasteiger charge is 2.33. The van der Waals surface area contributed by atoms with E-state index in [0.29, 0.717) is 29.9 Å². The number of amides is 1. The first kappa shape index (κ1) is 14.5. The number of hydrogen-bond donors (Lipinski definition) is 1. The molecular formula is C15H17FN4O2. The maximum atomic E-state index is 13.2. The minimum atomic E-state index is -0.903. The molecule has 1 aromatic heterocycles. The van der Waals surface area contributed by atoms with Crippen LogP contribution in [0.2, 0.25) is 0 Å². The summed E-state index contributed by atoms with van der Waals surface area (Å²) in [5.74, 6) is 0.342.